The molecule has 0 aliphatic carbocycles. The number of nitrogens with two attached hydrogens (primary N) is 1. The van der Waals surface area contributed by atoms with Gasteiger partial charge in [0.25, 0.3) is 0 Å². The van der Waals surface area contributed by atoms with Crippen LogP contribution in [0.1, 0.15) is 19.4 Å². The van der Waals surface area contributed by atoms with E-state index in [0.717, 1.165) is 11.4 Å². The molecule has 0 aliphatic rings. The van der Waals surface area contributed by atoms with Crippen molar-refractivity contribution in [2.24, 2.45) is 5.92 Å². The average molecular weight is 236 g/mol. The molecule has 0 unspecified atom stereocenters. The maximum Gasteiger partial charge on any atom is 0.222 e. The third kappa shape index (κ3) is 4.30. The second-order valence-electron chi connectivity index (χ2n) is 4.31. The Morgan fingerprint density at radius 1 is 1.47 bits per heavy atom. The molecule has 5 heteroatoms. The minimum absolute atomic E-state index is 0.0198. The van der Waals surface area contributed by atoms with Crippen LogP contribution in [0.3, 0.4) is 0 Å². The minimum atomic E-state index is 0.0198. The van der Waals surface area contributed by atoms with Gasteiger partial charge >= 0.3 is 0 Å². The lowest BCUT2D eigenvalue weighted by Crippen LogP contribution is -2.32. The van der Waals surface area contributed by atoms with E-state index in [1.807, 2.05) is 26.8 Å². The SMILES string of the molecule is Cc1cc(N)cnc1NCCNC(=O)C(C)C. The predicted octanol–water partition coefficient (Wildman–Crippen LogP) is 1.16. The minimum Gasteiger partial charge on any atom is -0.397 e. The Labute approximate surface area is 102 Å². The lowest BCUT2D eigenvalue weighted by Gasteiger charge is -2.10. The smallest absolute Gasteiger partial charge is 0.222 e. The van der Waals surface area contributed by atoms with Crippen molar-refractivity contribution >= 4 is 17.4 Å². The monoisotopic (exact) mass is 236 g/mol. The first-order valence-electron chi connectivity index (χ1n) is 5.74. The molecule has 0 aromatic carbocycles. The van der Waals surface area contributed by atoms with Gasteiger partial charge in [0.1, 0.15) is 5.82 Å². The number of pyridine rings is 1. The van der Waals surface area contributed by atoms with Crippen molar-refractivity contribution in [3.63, 3.8) is 0 Å². The quantitative estimate of drug-likeness (QED) is 0.670. The molecule has 0 spiro atoms. The van der Waals surface area contributed by atoms with Crippen LogP contribution in [-0.4, -0.2) is 24.0 Å². The molecule has 1 heterocycles. The van der Waals surface area contributed by atoms with Crippen molar-refractivity contribution in [1.29, 1.82) is 0 Å². The van der Waals surface area contributed by atoms with E-state index >= 15 is 0 Å². The highest BCUT2D eigenvalue weighted by atomic mass is 16.1. The number of anilines is 2. The molecule has 5 nitrogen and oxygen atoms in total. The summed E-state index contributed by atoms with van der Waals surface area (Å²) in [5.74, 6) is 0.887. The zero-order chi connectivity index (χ0) is 12.8. The van der Waals surface area contributed by atoms with E-state index in [9.17, 15) is 4.79 Å². The zero-order valence-electron chi connectivity index (χ0n) is 10.6. The number of carbonyl (C=O) groups is 1. The summed E-state index contributed by atoms with van der Waals surface area (Å²) in [6.07, 6.45) is 1.61. The number of aryl methyl sites for hydroxylation is 1. The van der Waals surface area contributed by atoms with Crippen LogP contribution in [0.4, 0.5) is 11.5 Å². The van der Waals surface area contributed by atoms with Crippen LogP contribution in [0.15, 0.2) is 12.3 Å². The van der Waals surface area contributed by atoms with Crippen LogP contribution in [0.2, 0.25) is 0 Å². The zero-order valence-corrected chi connectivity index (χ0v) is 10.6. The van der Waals surface area contributed by atoms with Gasteiger partial charge in [-0.15, -0.1) is 0 Å². The van der Waals surface area contributed by atoms with Crippen molar-refractivity contribution in [3.8, 4) is 0 Å². The normalized spacial score (nSPS) is 10.4. The standard InChI is InChI=1S/C12H20N4O/c1-8(2)12(17)15-5-4-14-11-9(3)6-10(13)7-16-11/h6-8H,4-5,13H2,1-3H3,(H,14,16)(H,15,17). The van der Waals surface area contributed by atoms with Gasteiger partial charge in [-0.2, -0.15) is 0 Å². The average Bonchev–Trinajstić information content (AvgIpc) is 2.26. The highest BCUT2D eigenvalue weighted by Gasteiger charge is 2.05. The highest BCUT2D eigenvalue weighted by Crippen LogP contribution is 2.12. The van der Waals surface area contributed by atoms with Crippen molar-refractivity contribution in [2.75, 3.05) is 24.1 Å². The highest BCUT2D eigenvalue weighted by molar-refractivity contribution is 5.77. The topological polar surface area (TPSA) is 80.0 Å². The summed E-state index contributed by atoms with van der Waals surface area (Å²) in [4.78, 5) is 15.5. The second-order valence-corrected chi connectivity index (χ2v) is 4.31. The largest absolute Gasteiger partial charge is 0.397 e. The fourth-order valence-corrected chi connectivity index (χ4v) is 1.35. The van der Waals surface area contributed by atoms with E-state index in [1.165, 1.54) is 0 Å². The van der Waals surface area contributed by atoms with Gasteiger partial charge in [0.2, 0.25) is 5.91 Å². The predicted molar refractivity (Wildman–Crippen MR) is 69.7 cm³/mol. The summed E-state index contributed by atoms with van der Waals surface area (Å²) in [6, 6.07) is 1.86. The summed E-state index contributed by atoms with van der Waals surface area (Å²) in [5, 5.41) is 5.98. The number of nitrogens with one attached hydrogen (secondary N) is 2. The molecular weight excluding hydrogens is 216 g/mol. The van der Waals surface area contributed by atoms with E-state index in [4.69, 9.17) is 5.73 Å². The molecule has 94 valence electrons. The van der Waals surface area contributed by atoms with Crippen molar-refractivity contribution in [1.82, 2.24) is 10.3 Å². The molecule has 1 amide bonds. The number of nitrogens with zero attached hydrogens (tertiary/aromatic N) is 1. The van der Waals surface area contributed by atoms with Crippen molar-refractivity contribution in [2.45, 2.75) is 20.8 Å². The molecule has 17 heavy (non-hydrogen) atoms. The van der Waals surface area contributed by atoms with Crippen molar-refractivity contribution in [3.05, 3.63) is 17.8 Å². The molecule has 1 rings (SSSR count). The Balaban J connectivity index is 2.34. The second kappa shape index (κ2) is 6.08. The van der Waals surface area contributed by atoms with Crippen LogP contribution < -0.4 is 16.4 Å². The molecule has 0 bridgehead atoms. The molecule has 0 saturated carbocycles. The van der Waals surface area contributed by atoms with Crippen LogP contribution in [-0.2, 0) is 4.79 Å². The Morgan fingerprint density at radius 2 is 2.18 bits per heavy atom. The van der Waals surface area contributed by atoms with Crippen LogP contribution in [0.25, 0.3) is 0 Å². The summed E-state index contributed by atoms with van der Waals surface area (Å²) in [7, 11) is 0. The molecule has 1 aromatic heterocycles. The van der Waals surface area contributed by atoms with E-state index in [-0.39, 0.29) is 11.8 Å². The molecular formula is C12H20N4O. The molecule has 4 N–H and O–H groups in total. The van der Waals surface area contributed by atoms with Gasteiger partial charge in [-0.25, -0.2) is 4.98 Å². The van der Waals surface area contributed by atoms with E-state index in [1.54, 1.807) is 6.20 Å². The molecule has 0 radical (unpaired) electrons. The summed E-state index contributed by atoms with van der Waals surface area (Å²) in [6.45, 7) is 6.92. The van der Waals surface area contributed by atoms with Gasteiger partial charge in [0.15, 0.2) is 0 Å². The van der Waals surface area contributed by atoms with Gasteiger partial charge in [-0.05, 0) is 18.6 Å². The molecule has 0 aliphatic heterocycles. The van der Waals surface area contributed by atoms with E-state index < -0.39 is 0 Å². The third-order valence-corrected chi connectivity index (χ3v) is 2.34. The summed E-state index contributed by atoms with van der Waals surface area (Å²) >= 11 is 0. The van der Waals surface area contributed by atoms with E-state index in [0.29, 0.717) is 18.8 Å². The molecule has 1 aromatic rings. The number of carbonyl (C=O) groups excluding carboxylic acids is 1. The first-order valence-corrected chi connectivity index (χ1v) is 5.74. The number of nitrogen functional groups attached to an aromatic ring is 1. The first-order chi connectivity index (χ1) is 8.00. The Bertz CT molecular complexity index is 390. The Kier molecular flexibility index (Phi) is 4.75. The molecule has 0 saturated heterocycles. The summed E-state index contributed by atoms with van der Waals surface area (Å²) in [5.41, 5.74) is 7.26. The summed E-state index contributed by atoms with van der Waals surface area (Å²) < 4.78 is 0. The maximum absolute atomic E-state index is 11.3. The number of hydrogen-bond donors (Lipinski definition) is 3. The maximum atomic E-state index is 11.3. The van der Waals surface area contributed by atoms with Gasteiger partial charge < -0.3 is 16.4 Å². The third-order valence-electron chi connectivity index (χ3n) is 2.34. The fourth-order valence-electron chi connectivity index (χ4n) is 1.35. The number of amides is 1. The van der Waals surface area contributed by atoms with E-state index in [2.05, 4.69) is 15.6 Å². The van der Waals surface area contributed by atoms with Crippen LogP contribution in [0.5, 0.6) is 0 Å². The molecule has 0 fully saturated rings. The van der Waals surface area contributed by atoms with Gasteiger partial charge in [0, 0.05) is 19.0 Å². The Morgan fingerprint density at radius 3 is 2.76 bits per heavy atom. The Hall–Kier alpha value is -1.78. The fraction of sp³-hybridized carbons (Fsp3) is 0.500. The number of hydrogen-bond acceptors (Lipinski definition) is 4. The van der Waals surface area contributed by atoms with Crippen molar-refractivity contribution < 1.29 is 4.79 Å². The van der Waals surface area contributed by atoms with Gasteiger partial charge in [0.05, 0.1) is 11.9 Å². The lowest BCUT2D eigenvalue weighted by atomic mass is 10.2. The van der Waals surface area contributed by atoms with Gasteiger partial charge in [-0.1, -0.05) is 13.8 Å². The first kappa shape index (κ1) is 13.3. The number of aromatic nitrogens is 1. The van der Waals surface area contributed by atoms with Crippen LogP contribution >= 0.6 is 0 Å². The van der Waals surface area contributed by atoms with Gasteiger partial charge in [-0.3, -0.25) is 4.79 Å². The van der Waals surface area contributed by atoms with Crippen LogP contribution in [0, 0.1) is 12.8 Å². The molecule has 0 atom stereocenters. The number of rotatable bonds is 5. The lowest BCUT2D eigenvalue weighted by molar-refractivity contribution is -0.123.